The van der Waals surface area contributed by atoms with Crippen molar-refractivity contribution in [3.63, 3.8) is 0 Å². The van der Waals surface area contributed by atoms with Crippen molar-refractivity contribution >= 4 is 17.3 Å². The minimum Gasteiger partial charge on any atom is -0.481 e. The first-order chi connectivity index (χ1) is 8.58. The summed E-state index contributed by atoms with van der Waals surface area (Å²) < 4.78 is 13.6. The van der Waals surface area contributed by atoms with Crippen LogP contribution in [0, 0.1) is 12.7 Å². The molecule has 0 radical (unpaired) electrons. The smallest absolute Gasteiger partial charge is 0.311 e. The maximum absolute atomic E-state index is 13.6. The molecule has 2 rings (SSSR count). The van der Waals surface area contributed by atoms with Gasteiger partial charge in [0.15, 0.2) is 0 Å². The quantitative estimate of drug-likeness (QED) is 0.924. The fourth-order valence-corrected chi connectivity index (χ4v) is 2.42. The highest BCUT2D eigenvalue weighted by Crippen LogP contribution is 2.24. The van der Waals surface area contributed by atoms with Crippen LogP contribution in [0.4, 0.5) is 4.39 Å². The first-order valence-corrected chi connectivity index (χ1v) is 6.34. The molecule has 0 aliphatic heterocycles. The summed E-state index contributed by atoms with van der Waals surface area (Å²) in [6.07, 6.45) is 0.209. The Bertz CT molecular complexity index is 568. The number of hydrogen-bond acceptors (Lipinski definition) is 3. The molecule has 18 heavy (non-hydrogen) atoms. The summed E-state index contributed by atoms with van der Waals surface area (Å²) in [5.41, 5.74) is 0.892. The molecule has 94 valence electrons. The Kier molecular flexibility index (Phi) is 3.72. The van der Waals surface area contributed by atoms with Crippen LogP contribution in [0.25, 0.3) is 0 Å². The monoisotopic (exact) mass is 265 g/mol. The average molecular weight is 265 g/mol. The van der Waals surface area contributed by atoms with Crippen molar-refractivity contribution < 1.29 is 14.3 Å². The molecule has 0 bridgehead atoms. The molecule has 0 spiro atoms. The number of hydrogen-bond donors (Lipinski definition) is 1. The predicted molar refractivity (Wildman–Crippen MR) is 67.3 cm³/mol. The lowest BCUT2D eigenvalue weighted by molar-refractivity contribution is -0.138. The minimum absolute atomic E-state index is 0.204. The Morgan fingerprint density at radius 3 is 2.78 bits per heavy atom. The maximum atomic E-state index is 13.6. The van der Waals surface area contributed by atoms with Crippen LogP contribution in [0.2, 0.25) is 0 Å². The highest BCUT2D eigenvalue weighted by Gasteiger charge is 2.24. The lowest BCUT2D eigenvalue weighted by Crippen LogP contribution is -2.16. The molecular formula is C13H12FNO2S. The molecule has 0 aliphatic carbocycles. The molecule has 5 heteroatoms. The second-order valence-electron chi connectivity index (χ2n) is 3.97. The zero-order valence-electron chi connectivity index (χ0n) is 9.76. The van der Waals surface area contributed by atoms with E-state index in [1.807, 2.05) is 12.3 Å². The van der Waals surface area contributed by atoms with Gasteiger partial charge in [-0.1, -0.05) is 18.2 Å². The van der Waals surface area contributed by atoms with E-state index in [1.165, 1.54) is 23.5 Å². The van der Waals surface area contributed by atoms with Gasteiger partial charge in [-0.3, -0.25) is 4.79 Å². The van der Waals surface area contributed by atoms with Crippen molar-refractivity contribution in [2.75, 3.05) is 0 Å². The van der Waals surface area contributed by atoms with Crippen LogP contribution in [0.1, 0.15) is 22.2 Å². The number of nitrogens with zero attached hydrogens (tertiary/aromatic N) is 1. The van der Waals surface area contributed by atoms with Gasteiger partial charge in [0.25, 0.3) is 0 Å². The van der Waals surface area contributed by atoms with E-state index in [1.54, 1.807) is 12.1 Å². The Hall–Kier alpha value is -1.75. The largest absolute Gasteiger partial charge is 0.481 e. The van der Waals surface area contributed by atoms with Gasteiger partial charge in [0.2, 0.25) is 0 Å². The molecule has 1 N–H and O–H groups in total. The van der Waals surface area contributed by atoms with E-state index in [2.05, 4.69) is 4.98 Å². The lowest BCUT2D eigenvalue weighted by Gasteiger charge is -2.12. The van der Waals surface area contributed by atoms with Gasteiger partial charge in [-0.15, -0.1) is 11.3 Å². The van der Waals surface area contributed by atoms with Crippen LogP contribution in [-0.4, -0.2) is 16.1 Å². The number of carbonyl (C=O) groups is 1. The SMILES string of the molecule is Cc1nc(CC(C(=O)O)c2ccccc2F)cs1. The summed E-state index contributed by atoms with van der Waals surface area (Å²) in [7, 11) is 0. The average Bonchev–Trinajstić information content (AvgIpc) is 2.73. The van der Waals surface area contributed by atoms with Crippen molar-refractivity contribution in [2.24, 2.45) is 0 Å². The Morgan fingerprint density at radius 1 is 1.50 bits per heavy atom. The third-order valence-electron chi connectivity index (χ3n) is 2.66. The first-order valence-electron chi connectivity index (χ1n) is 5.46. The van der Waals surface area contributed by atoms with Crippen LogP contribution in [-0.2, 0) is 11.2 Å². The number of thiazole rings is 1. The second-order valence-corrected chi connectivity index (χ2v) is 5.04. The van der Waals surface area contributed by atoms with E-state index in [4.69, 9.17) is 0 Å². The van der Waals surface area contributed by atoms with Crippen LogP contribution in [0.15, 0.2) is 29.6 Å². The molecule has 3 nitrogen and oxygen atoms in total. The molecule has 1 heterocycles. The fraction of sp³-hybridized carbons (Fsp3) is 0.231. The first kappa shape index (κ1) is 12.7. The van der Waals surface area contributed by atoms with Gasteiger partial charge >= 0.3 is 5.97 Å². The van der Waals surface area contributed by atoms with E-state index in [0.717, 1.165) is 5.01 Å². The Labute approximate surface area is 108 Å². The number of halogens is 1. The standard InChI is InChI=1S/C13H12FNO2S/c1-8-15-9(7-18-8)6-11(13(16)17)10-4-2-3-5-12(10)14/h2-5,7,11H,6H2,1H3,(H,16,17). The van der Waals surface area contributed by atoms with Crippen LogP contribution in [0.5, 0.6) is 0 Å². The van der Waals surface area contributed by atoms with Gasteiger partial charge in [-0.25, -0.2) is 9.37 Å². The number of carboxylic acids is 1. The van der Waals surface area contributed by atoms with Crippen LogP contribution >= 0.6 is 11.3 Å². The zero-order chi connectivity index (χ0) is 13.1. The summed E-state index contributed by atoms with van der Waals surface area (Å²) in [6, 6.07) is 5.97. The van der Waals surface area contributed by atoms with E-state index in [9.17, 15) is 14.3 Å². The molecule has 1 aromatic carbocycles. The Balaban J connectivity index is 2.30. The van der Waals surface area contributed by atoms with Crippen molar-refractivity contribution in [3.8, 4) is 0 Å². The summed E-state index contributed by atoms with van der Waals surface area (Å²) in [4.78, 5) is 15.5. The van der Waals surface area contributed by atoms with Crippen molar-refractivity contribution in [3.05, 3.63) is 51.7 Å². The molecule has 0 saturated heterocycles. The number of rotatable bonds is 4. The van der Waals surface area contributed by atoms with Crippen molar-refractivity contribution in [1.29, 1.82) is 0 Å². The highest BCUT2D eigenvalue weighted by molar-refractivity contribution is 7.09. The third-order valence-corrected chi connectivity index (χ3v) is 3.48. The van der Waals surface area contributed by atoms with Crippen molar-refractivity contribution in [1.82, 2.24) is 4.98 Å². The second kappa shape index (κ2) is 5.27. The molecule has 1 unspecified atom stereocenters. The predicted octanol–water partition coefficient (Wildman–Crippen LogP) is 3.00. The van der Waals surface area contributed by atoms with Gasteiger partial charge < -0.3 is 5.11 Å². The molecule has 2 aromatic rings. The number of aryl methyl sites for hydroxylation is 1. The molecule has 1 atom stereocenters. The number of benzene rings is 1. The summed E-state index contributed by atoms with van der Waals surface area (Å²) in [5, 5.41) is 11.9. The summed E-state index contributed by atoms with van der Waals surface area (Å²) in [6.45, 7) is 1.85. The topological polar surface area (TPSA) is 50.2 Å². The van der Waals surface area contributed by atoms with E-state index < -0.39 is 17.7 Å². The molecule has 0 saturated carbocycles. The van der Waals surface area contributed by atoms with Crippen molar-refractivity contribution in [2.45, 2.75) is 19.3 Å². The summed E-state index contributed by atoms with van der Waals surface area (Å²) >= 11 is 1.46. The van der Waals surface area contributed by atoms with Crippen LogP contribution in [0.3, 0.4) is 0 Å². The number of aromatic nitrogens is 1. The summed E-state index contributed by atoms with van der Waals surface area (Å²) in [5.74, 6) is -2.42. The van der Waals surface area contributed by atoms with E-state index in [-0.39, 0.29) is 12.0 Å². The van der Waals surface area contributed by atoms with Gasteiger partial charge in [0, 0.05) is 17.4 Å². The van der Waals surface area contributed by atoms with Gasteiger partial charge in [-0.05, 0) is 13.0 Å². The van der Waals surface area contributed by atoms with Gasteiger partial charge in [0.05, 0.1) is 16.6 Å². The third kappa shape index (κ3) is 2.73. The number of carboxylic acid groups (broad SMARTS) is 1. The molecule has 0 aliphatic rings. The zero-order valence-corrected chi connectivity index (χ0v) is 10.6. The normalized spacial score (nSPS) is 12.3. The van der Waals surface area contributed by atoms with E-state index >= 15 is 0 Å². The van der Waals surface area contributed by atoms with Gasteiger partial charge in [-0.2, -0.15) is 0 Å². The molecule has 1 aromatic heterocycles. The molecular weight excluding hydrogens is 253 g/mol. The Morgan fingerprint density at radius 2 is 2.22 bits per heavy atom. The number of aliphatic carboxylic acids is 1. The highest BCUT2D eigenvalue weighted by atomic mass is 32.1. The van der Waals surface area contributed by atoms with Crippen LogP contribution < -0.4 is 0 Å². The lowest BCUT2D eigenvalue weighted by atomic mass is 9.94. The fourth-order valence-electron chi connectivity index (χ4n) is 1.80. The molecule has 0 fully saturated rings. The van der Waals surface area contributed by atoms with Gasteiger partial charge in [0.1, 0.15) is 5.82 Å². The van der Waals surface area contributed by atoms with E-state index in [0.29, 0.717) is 5.69 Å². The maximum Gasteiger partial charge on any atom is 0.311 e. The minimum atomic E-state index is -1.04. The molecule has 0 amide bonds.